The van der Waals surface area contributed by atoms with E-state index in [1.807, 2.05) is 36.4 Å². The first-order valence-corrected chi connectivity index (χ1v) is 7.31. The number of para-hydroxylation sites is 3. The fraction of sp³-hybridized carbons (Fsp3) is 0.278. The second-order valence-electron chi connectivity index (χ2n) is 4.60. The molecule has 0 radical (unpaired) electrons. The molecule has 2 rings (SSSR count). The van der Waals surface area contributed by atoms with Crippen LogP contribution in [0.5, 0.6) is 17.2 Å². The van der Waals surface area contributed by atoms with Crippen molar-refractivity contribution in [3.8, 4) is 23.3 Å². The first-order valence-electron chi connectivity index (χ1n) is 7.31. The molecular formula is C18H19NO3. The van der Waals surface area contributed by atoms with Gasteiger partial charge in [0.05, 0.1) is 12.2 Å². The molecule has 0 saturated carbocycles. The molecule has 0 N–H and O–H groups in total. The smallest absolute Gasteiger partial charge is 0.161 e. The highest BCUT2D eigenvalue weighted by atomic mass is 16.5. The Hall–Kier alpha value is -2.67. The molecule has 0 aliphatic heterocycles. The standard InChI is InChI=1S/C18H19NO3/c1-2-11-20-17-9-5-6-10-18(17)22-13-12-21-16-8-4-3-7-15(16)14-19/h3-10H,2,11-13H2,1H3. The lowest BCUT2D eigenvalue weighted by Crippen LogP contribution is -2.10. The first kappa shape index (κ1) is 15.7. The van der Waals surface area contributed by atoms with Crippen molar-refractivity contribution in [1.29, 1.82) is 5.26 Å². The summed E-state index contributed by atoms with van der Waals surface area (Å²) < 4.78 is 16.9. The van der Waals surface area contributed by atoms with Gasteiger partial charge in [0.2, 0.25) is 0 Å². The van der Waals surface area contributed by atoms with E-state index in [1.54, 1.807) is 12.1 Å². The van der Waals surface area contributed by atoms with E-state index in [1.165, 1.54) is 0 Å². The lowest BCUT2D eigenvalue weighted by molar-refractivity contribution is 0.207. The van der Waals surface area contributed by atoms with E-state index >= 15 is 0 Å². The van der Waals surface area contributed by atoms with Crippen LogP contribution < -0.4 is 14.2 Å². The molecule has 22 heavy (non-hydrogen) atoms. The average molecular weight is 297 g/mol. The van der Waals surface area contributed by atoms with Gasteiger partial charge in [-0.15, -0.1) is 0 Å². The Morgan fingerprint density at radius 2 is 1.27 bits per heavy atom. The maximum absolute atomic E-state index is 8.99. The number of ether oxygens (including phenoxy) is 3. The van der Waals surface area contributed by atoms with E-state index in [9.17, 15) is 0 Å². The lowest BCUT2D eigenvalue weighted by atomic mass is 10.2. The molecule has 0 bridgehead atoms. The van der Waals surface area contributed by atoms with Gasteiger partial charge in [0, 0.05) is 0 Å². The van der Waals surface area contributed by atoms with Crippen molar-refractivity contribution in [3.05, 3.63) is 54.1 Å². The summed E-state index contributed by atoms with van der Waals surface area (Å²) >= 11 is 0. The van der Waals surface area contributed by atoms with Crippen molar-refractivity contribution < 1.29 is 14.2 Å². The number of nitriles is 1. The molecule has 0 spiro atoms. The van der Waals surface area contributed by atoms with Crippen LogP contribution in [0.2, 0.25) is 0 Å². The molecule has 0 amide bonds. The predicted octanol–water partition coefficient (Wildman–Crippen LogP) is 3.80. The SMILES string of the molecule is CCCOc1ccccc1OCCOc1ccccc1C#N. The van der Waals surface area contributed by atoms with Crippen LogP contribution in [0.4, 0.5) is 0 Å². The Morgan fingerprint density at radius 1 is 0.773 bits per heavy atom. The Kier molecular flexibility index (Phi) is 6.13. The highest BCUT2D eigenvalue weighted by Crippen LogP contribution is 2.26. The molecule has 0 saturated heterocycles. The Labute approximate surface area is 130 Å². The van der Waals surface area contributed by atoms with E-state index < -0.39 is 0 Å². The summed E-state index contributed by atoms with van der Waals surface area (Å²) in [4.78, 5) is 0. The molecular weight excluding hydrogens is 278 g/mol. The Morgan fingerprint density at radius 3 is 1.86 bits per heavy atom. The monoisotopic (exact) mass is 297 g/mol. The number of benzene rings is 2. The van der Waals surface area contributed by atoms with Crippen LogP contribution in [0.1, 0.15) is 18.9 Å². The molecule has 4 nitrogen and oxygen atoms in total. The molecule has 0 aliphatic carbocycles. The van der Waals surface area contributed by atoms with E-state index in [0.717, 1.165) is 12.2 Å². The first-order chi connectivity index (χ1) is 10.8. The summed E-state index contributed by atoms with van der Waals surface area (Å²) in [7, 11) is 0. The Balaban J connectivity index is 1.85. The third-order valence-electron chi connectivity index (χ3n) is 2.92. The third-order valence-corrected chi connectivity index (χ3v) is 2.92. The van der Waals surface area contributed by atoms with E-state index in [0.29, 0.717) is 36.9 Å². The molecule has 0 fully saturated rings. The van der Waals surface area contributed by atoms with Crippen molar-refractivity contribution in [2.75, 3.05) is 19.8 Å². The minimum Gasteiger partial charge on any atom is -0.490 e. The normalized spacial score (nSPS) is 9.82. The van der Waals surface area contributed by atoms with Gasteiger partial charge in [-0.25, -0.2) is 0 Å². The molecule has 114 valence electrons. The number of rotatable bonds is 8. The molecule has 0 aliphatic rings. The van der Waals surface area contributed by atoms with Crippen LogP contribution in [0.15, 0.2) is 48.5 Å². The molecule has 0 atom stereocenters. The molecule has 0 aromatic heterocycles. The maximum atomic E-state index is 8.99. The fourth-order valence-electron chi connectivity index (χ4n) is 1.89. The average Bonchev–Trinajstić information content (AvgIpc) is 2.58. The summed E-state index contributed by atoms with van der Waals surface area (Å²) in [6, 6.07) is 16.8. The third kappa shape index (κ3) is 4.42. The predicted molar refractivity (Wildman–Crippen MR) is 84.4 cm³/mol. The quantitative estimate of drug-likeness (QED) is 0.695. The van der Waals surface area contributed by atoms with Crippen LogP contribution in [0, 0.1) is 11.3 Å². The summed E-state index contributed by atoms with van der Waals surface area (Å²) in [5.41, 5.74) is 0.522. The minimum atomic E-state index is 0.362. The summed E-state index contributed by atoms with van der Waals surface area (Å²) in [5, 5.41) is 8.99. The van der Waals surface area contributed by atoms with Gasteiger partial charge >= 0.3 is 0 Å². The van der Waals surface area contributed by atoms with Gasteiger partial charge in [-0.1, -0.05) is 31.2 Å². The lowest BCUT2D eigenvalue weighted by Gasteiger charge is -2.13. The van der Waals surface area contributed by atoms with Crippen LogP contribution >= 0.6 is 0 Å². The van der Waals surface area contributed by atoms with Crippen LogP contribution in [-0.4, -0.2) is 19.8 Å². The summed E-state index contributed by atoms with van der Waals surface area (Å²) in [6.45, 7) is 3.46. The molecule has 2 aromatic rings. The van der Waals surface area contributed by atoms with Crippen molar-refractivity contribution in [1.82, 2.24) is 0 Å². The molecule has 0 unspecified atom stereocenters. The minimum absolute atomic E-state index is 0.362. The number of hydrogen-bond donors (Lipinski definition) is 0. The Bertz CT molecular complexity index is 634. The largest absolute Gasteiger partial charge is 0.490 e. The van der Waals surface area contributed by atoms with Crippen molar-refractivity contribution in [2.45, 2.75) is 13.3 Å². The fourth-order valence-corrected chi connectivity index (χ4v) is 1.89. The number of hydrogen-bond acceptors (Lipinski definition) is 4. The second kappa shape index (κ2) is 8.58. The van der Waals surface area contributed by atoms with Gasteiger partial charge in [-0.05, 0) is 30.7 Å². The van der Waals surface area contributed by atoms with Crippen LogP contribution in [0.25, 0.3) is 0 Å². The zero-order chi connectivity index (χ0) is 15.6. The zero-order valence-electron chi connectivity index (χ0n) is 12.6. The van der Waals surface area contributed by atoms with Gasteiger partial charge in [-0.3, -0.25) is 0 Å². The van der Waals surface area contributed by atoms with Crippen molar-refractivity contribution in [3.63, 3.8) is 0 Å². The van der Waals surface area contributed by atoms with E-state index in [-0.39, 0.29) is 0 Å². The highest BCUT2D eigenvalue weighted by Gasteiger charge is 2.05. The maximum Gasteiger partial charge on any atom is 0.161 e. The summed E-state index contributed by atoms with van der Waals surface area (Å²) in [5.74, 6) is 2.01. The molecule has 2 aromatic carbocycles. The van der Waals surface area contributed by atoms with Gasteiger partial charge in [-0.2, -0.15) is 5.26 Å². The van der Waals surface area contributed by atoms with Crippen LogP contribution in [0.3, 0.4) is 0 Å². The van der Waals surface area contributed by atoms with Crippen LogP contribution in [-0.2, 0) is 0 Å². The van der Waals surface area contributed by atoms with E-state index in [4.69, 9.17) is 19.5 Å². The van der Waals surface area contributed by atoms with Gasteiger partial charge in [0.1, 0.15) is 25.0 Å². The number of nitrogens with zero attached hydrogens (tertiary/aromatic N) is 1. The van der Waals surface area contributed by atoms with E-state index in [2.05, 4.69) is 13.0 Å². The molecule has 4 heteroatoms. The topological polar surface area (TPSA) is 51.5 Å². The van der Waals surface area contributed by atoms with Crippen molar-refractivity contribution in [2.24, 2.45) is 0 Å². The van der Waals surface area contributed by atoms with Crippen molar-refractivity contribution >= 4 is 0 Å². The van der Waals surface area contributed by atoms with Gasteiger partial charge < -0.3 is 14.2 Å². The van der Waals surface area contributed by atoms with Gasteiger partial charge in [0.15, 0.2) is 11.5 Å². The van der Waals surface area contributed by atoms with Gasteiger partial charge in [0.25, 0.3) is 0 Å². The highest BCUT2D eigenvalue weighted by molar-refractivity contribution is 5.42. The second-order valence-corrected chi connectivity index (χ2v) is 4.60. The summed E-state index contributed by atoms with van der Waals surface area (Å²) in [6.07, 6.45) is 0.947. The zero-order valence-corrected chi connectivity index (χ0v) is 12.6. The molecule has 0 heterocycles.